The molecule has 2 rings (SSSR count). The molecule has 0 radical (unpaired) electrons. The van der Waals surface area contributed by atoms with E-state index in [9.17, 15) is 14.0 Å². The first kappa shape index (κ1) is 14.4. The largest absolute Gasteiger partial charge is 0.478 e. The van der Waals surface area contributed by atoms with Crippen molar-refractivity contribution in [2.24, 2.45) is 0 Å². The van der Waals surface area contributed by atoms with E-state index in [0.29, 0.717) is 13.1 Å². The summed E-state index contributed by atoms with van der Waals surface area (Å²) in [6.07, 6.45) is 0. The fourth-order valence-corrected chi connectivity index (χ4v) is 1.81. The van der Waals surface area contributed by atoms with Crippen LogP contribution in [0.2, 0.25) is 0 Å². The van der Waals surface area contributed by atoms with Gasteiger partial charge in [0.25, 0.3) is 0 Å². The minimum atomic E-state index is -1.31. The number of ether oxygens (including phenoxy) is 1. The Morgan fingerprint density at radius 3 is 2.75 bits per heavy atom. The van der Waals surface area contributed by atoms with Crippen molar-refractivity contribution in [2.75, 3.05) is 25.0 Å². The number of halogens is 1. The highest BCUT2D eigenvalue weighted by molar-refractivity contribution is 6.00. The van der Waals surface area contributed by atoms with E-state index in [2.05, 4.69) is 10.6 Å². The van der Waals surface area contributed by atoms with Gasteiger partial charge in [-0.25, -0.2) is 9.18 Å². The van der Waals surface area contributed by atoms with Crippen LogP contribution in [0, 0.1) is 5.82 Å². The maximum absolute atomic E-state index is 13.0. The summed E-state index contributed by atoms with van der Waals surface area (Å²) in [6, 6.07) is 3.15. The second-order valence-electron chi connectivity index (χ2n) is 4.89. The predicted octanol–water partition coefficient (Wildman–Crippen LogP) is 0.841. The number of benzene rings is 1. The van der Waals surface area contributed by atoms with Gasteiger partial charge < -0.3 is 20.5 Å². The molecule has 0 saturated carbocycles. The van der Waals surface area contributed by atoms with Gasteiger partial charge in [-0.2, -0.15) is 0 Å². The van der Waals surface area contributed by atoms with Crippen LogP contribution in [0.3, 0.4) is 0 Å². The molecule has 0 unspecified atom stereocenters. The molecule has 1 saturated heterocycles. The summed E-state index contributed by atoms with van der Waals surface area (Å²) in [4.78, 5) is 22.7. The maximum atomic E-state index is 13.0. The summed E-state index contributed by atoms with van der Waals surface area (Å²) in [5, 5.41) is 14.4. The fraction of sp³-hybridized carbons (Fsp3) is 0.385. The lowest BCUT2D eigenvalue weighted by Gasteiger charge is -2.38. The van der Waals surface area contributed by atoms with Gasteiger partial charge in [-0.1, -0.05) is 0 Å². The molecule has 0 aromatic heterocycles. The molecule has 1 aliphatic rings. The molecule has 0 bridgehead atoms. The first-order chi connectivity index (χ1) is 9.39. The van der Waals surface area contributed by atoms with Gasteiger partial charge in [-0.3, -0.25) is 4.79 Å². The Morgan fingerprint density at radius 1 is 1.50 bits per heavy atom. The number of carboxylic acid groups (broad SMARTS) is 1. The highest BCUT2D eigenvalue weighted by Gasteiger charge is 2.33. The number of carbonyl (C=O) groups is 2. The third-order valence-corrected chi connectivity index (χ3v) is 3.04. The zero-order valence-electron chi connectivity index (χ0n) is 10.9. The molecule has 20 heavy (non-hydrogen) atoms. The quantitative estimate of drug-likeness (QED) is 0.745. The first-order valence-corrected chi connectivity index (χ1v) is 6.07. The van der Waals surface area contributed by atoms with Crippen molar-refractivity contribution in [3.8, 4) is 0 Å². The van der Waals surface area contributed by atoms with E-state index in [0.717, 1.165) is 12.1 Å². The lowest BCUT2D eigenvalue weighted by atomic mass is 10.0. The Kier molecular flexibility index (Phi) is 4.01. The molecule has 1 amide bonds. The number of carboxylic acids is 1. The number of rotatable bonds is 5. The molecule has 0 aliphatic carbocycles. The molecule has 0 atom stereocenters. The van der Waals surface area contributed by atoms with Gasteiger partial charge in [0.05, 0.1) is 16.9 Å². The van der Waals surface area contributed by atoms with Crippen LogP contribution < -0.4 is 10.6 Å². The molecule has 1 aromatic rings. The zero-order valence-corrected chi connectivity index (χ0v) is 10.9. The lowest BCUT2D eigenvalue weighted by molar-refractivity contribution is -0.130. The fourth-order valence-electron chi connectivity index (χ4n) is 1.81. The molecule has 1 aromatic carbocycles. The highest BCUT2D eigenvalue weighted by atomic mass is 19.1. The Labute approximate surface area is 114 Å². The van der Waals surface area contributed by atoms with Crippen LogP contribution >= 0.6 is 0 Å². The summed E-state index contributed by atoms with van der Waals surface area (Å²) in [6.45, 7) is 3.01. The van der Waals surface area contributed by atoms with Crippen molar-refractivity contribution in [1.82, 2.24) is 5.32 Å². The van der Waals surface area contributed by atoms with Crippen LogP contribution in [0.4, 0.5) is 10.1 Å². The third kappa shape index (κ3) is 3.31. The molecule has 1 heterocycles. The molecule has 1 aliphatic heterocycles. The average Bonchev–Trinajstić information content (AvgIpc) is 2.36. The van der Waals surface area contributed by atoms with Crippen LogP contribution in [0.15, 0.2) is 18.2 Å². The van der Waals surface area contributed by atoms with Crippen molar-refractivity contribution in [2.45, 2.75) is 12.5 Å². The van der Waals surface area contributed by atoms with Crippen LogP contribution in [-0.2, 0) is 9.53 Å². The lowest BCUT2D eigenvalue weighted by Crippen LogP contribution is -2.59. The SMILES string of the molecule is CC1(OCC(=O)Nc2ccc(F)cc2C(=O)O)CNC1. The van der Waals surface area contributed by atoms with Gasteiger partial charge in [0.1, 0.15) is 12.4 Å². The Bertz CT molecular complexity index is 543. The third-order valence-electron chi connectivity index (χ3n) is 3.04. The number of anilines is 1. The number of amides is 1. The summed E-state index contributed by atoms with van der Waals surface area (Å²) < 4.78 is 18.4. The van der Waals surface area contributed by atoms with Crippen LogP contribution in [0.5, 0.6) is 0 Å². The van der Waals surface area contributed by atoms with Gasteiger partial charge in [-0.05, 0) is 25.1 Å². The van der Waals surface area contributed by atoms with Crippen LogP contribution in [0.25, 0.3) is 0 Å². The van der Waals surface area contributed by atoms with E-state index in [1.165, 1.54) is 6.07 Å². The standard InChI is InChI=1S/C13H15FN2O4/c1-13(6-15-7-13)20-5-11(17)16-10-3-2-8(14)4-9(10)12(18)19/h2-4,15H,5-7H2,1H3,(H,16,17)(H,18,19). The monoisotopic (exact) mass is 282 g/mol. The van der Waals surface area contributed by atoms with Gasteiger partial charge in [0.2, 0.25) is 5.91 Å². The van der Waals surface area contributed by atoms with E-state index in [-0.39, 0.29) is 23.5 Å². The molecule has 1 fully saturated rings. The number of nitrogens with one attached hydrogen (secondary N) is 2. The second kappa shape index (κ2) is 5.56. The van der Waals surface area contributed by atoms with E-state index >= 15 is 0 Å². The summed E-state index contributed by atoms with van der Waals surface area (Å²) in [7, 11) is 0. The maximum Gasteiger partial charge on any atom is 0.337 e. The smallest absolute Gasteiger partial charge is 0.337 e. The molecular formula is C13H15FN2O4. The Hall–Kier alpha value is -1.99. The van der Waals surface area contributed by atoms with Gasteiger partial charge in [0, 0.05) is 13.1 Å². The molecule has 0 spiro atoms. The van der Waals surface area contributed by atoms with Gasteiger partial charge in [-0.15, -0.1) is 0 Å². The molecule has 3 N–H and O–H groups in total. The first-order valence-electron chi connectivity index (χ1n) is 6.07. The molecule has 7 heteroatoms. The predicted molar refractivity (Wildman–Crippen MR) is 69.2 cm³/mol. The topological polar surface area (TPSA) is 87.7 Å². The van der Waals surface area contributed by atoms with Gasteiger partial charge in [0.15, 0.2) is 0 Å². The number of hydrogen-bond acceptors (Lipinski definition) is 4. The van der Waals surface area contributed by atoms with E-state index in [4.69, 9.17) is 9.84 Å². The van der Waals surface area contributed by atoms with Crippen LogP contribution in [0.1, 0.15) is 17.3 Å². The number of aromatic carboxylic acids is 1. The normalized spacial score (nSPS) is 16.3. The van der Waals surface area contributed by atoms with E-state index in [1.54, 1.807) is 0 Å². The number of hydrogen-bond donors (Lipinski definition) is 3. The summed E-state index contributed by atoms with van der Waals surface area (Å²) >= 11 is 0. The van der Waals surface area contributed by atoms with Gasteiger partial charge >= 0.3 is 5.97 Å². The Morgan fingerprint density at radius 2 is 2.20 bits per heavy atom. The van der Waals surface area contributed by atoms with Crippen LogP contribution in [-0.4, -0.2) is 42.3 Å². The minimum absolute atomic E-state index is 0.0457. The van der Waals surface area contributed by atoms with E-state index in [1.807, 2.05) is 6.92 Å². The minimum Gasteiger partial charge on any atom is -0.478 e. The molecule has 108 valence electrons. The van der Waals surface area contributed by atoms with E-state index < -0.39 is 17.7 Å². The number of carbonyl (C=O) groups excluding carboxylic acids is 1. The van der Waals surface area contributed by atoms with Crippen molar-refractivity contribution in [1.29, 1.82) is 0 Å². The van der Waals surface area contributed by atoms with Crippen molar-refractivity contribution in [3.63, 3.8) is 0 Å². The summed E-state index contributed by atoms with van der Waals surface area (Å²) in [5.74, 6) is -2.46. The summed E-state index contributed by atoms with van der Waals surface area (Å²) in [5.41, 5.74) is -0.616. The average molecular weight is 282 g/mol. The second-order valence-corrected chi connectivity index (χ2v) is 4.89. The molecular weight excluding hydrogens is 267 g/mol. The zero-order chi connectivity index (χ0) is 14.8. The van der Waals surface area contributed by atoms with Crippen molar-refractivity contribution >= 4 is 17.6 Å². The highest BCUT2D eigenvalue weighted by Crippen LogP contribution is 2.18. The van der Waals surface area contributed by atoms with Crippen molar-refractivity contribution in [3.05, 3.63) is 29.6 Å². The Balaban J connectivity index is 1.98. The molecule has 6 nitrogen and oxygen atoms in total. The van der Waals surface area contributed by atoms with Crippen molar-refractivity contribution < 1.29 is 23.8 Å².